The fourth-order valence-corrected chi connectivity index (χ4v) is 4.26. The summed E-state index contributed by atoms with van der Waals surface area (Å²) in [5, 5.41) is 7.91. The first kappa shape index (κ1) is 26.1. The molecule has 188 valence electrons. The van der Waals surface area contributed by atoms with Crippen LogP contribution < -0.4 is 10.2 Å². The lowest BCUT2D eigenvalue weighted by molar-refractivity contribution is -0.117. The van der Waals surface area contributed by atoms with Gasteiger partial charge in [-0.15, -0.1) is 0 Å². The molecular weight excluding hydrogens is 442 g/mol. The Balaban J connectivity index is 1.81. The Labute approximate surface area is 208 Å². The number of benzene rings is 1. The lowest BCUT2D eigenvalue weighted by Crippen LogP contribution is -2.44. The number of ether oxygens (including phenoxy) is 1. The van der Waals surface area contributed by atoms with E-state index in [4.69, 9.17) is 4.74 Å². The summed E-state index contributed by atoms with van der Waals surface area (Å²) >= 11 is 0. The molecule has 0 spiro atoms. The second kappa shape index (κ2) is 10.4. The van der Waals surface area contributed by atoms with Gasteiger partial charge in [-0.2, -0.15) is 5.10 Å². The third-order valence-electron chi connectivity index (χ3n) is 5.96. The molecule has 0 saturated heterocycles. The van der Waals surface area contributed by atoms with E-state index < -0.39 is 5.60 Å². The first-order valence-corrected chi connectivity index (χ1v) is 11.9. The Morgan fingerprint density at radius 2 is 2.03 bits per heavy atom. The van der Waals surface area contributed by atoms with E-state index in [0.29, 0.717) is 13.1 Å². The summed E-state index contributed by atoms with van der Waals surface area (Å²) in [6, 6.07) is 6.20. The molecule has 2 amide bonds. The topological polar surface area (TPSA) is 79.7 Å². The molecule has 8 nitrogen and oxygen atoms in total. The zero-order chi connectivity index (χ0) is 25.9. The van der Waals surface area contributed by atoms with Crippen LogP contribution in [0.4, 0.5) is 10.5 Å². The summed E-state index contributed by atoms with van der Waals surface area (Å²) in [7, 11) is 1.72. The second-order valence-electron chi connectivity index (χ2n) is 10.1. The zero-order valence-corrected chi connectivity index (χ0v) is 21.7. The van der Waals surface area contributed by atoms with Gasteiger partial charge in [-0.1, -0.05) is 19.2 Å². The van der Waals surface area contributed by atoms with Gasteiger partial charge >= 0.3 is 6.09 Å². The fourth-order valence-electron chi connectivity index (χ4n) is 4.26. The lowest BCUT2D eigenvalue weighted by atomic mass is 9.89. The molecule has 0 aliphatic carbocycles. The van der Waals surface area contributed by atoms with Crippen LogP contribution >= 0.6 is 0 Å². The van der Waals surface area contributed by atoms with Crippen molar-refractivity contribution in [2.24, 2.45) is 0 Å². The molecule has 1 aromatic carbocycles. The van der Waals surface area contributed by atoms with Crippen molar-refractivity contribution >= 4 is 17.7 Å². The van der Waals surface area contributed by atoms with E-state index in [-0.39, 0.29) is 24.1 Å². The quantitative estimate of drug-likeness (QED) is 0.572. The maximum atomic E-state index is 12.4. The number of fused-ring (bicyclic) bond motifs is 1. The van der Waals surface area contributed by atoms with Crippen molar-refractivity contribution in [3.8, 4) is 11.1 Å². The van der Waals surface area contributed by atoms with Gasteiger partial charge in [0.15, 0.2) is 0 Å². The molecule has 0 unspecified atom stereocenters. The Bertz CT molecular complexity index is 1110. The number of rotatable bonds is 7. The number of carbonyl (C=O) groups excluding carboxylic acids is 2. The molecule has 1 aliphatic heterocycles. The number of amides is 2. The first-order chi connectivity index (χ1) is 16.4. The van der Waals surface area contributed by atoms with Gasteiger partial charge in [0, 0.05) is 49.7 Å². The lowest BCUT2D eigenvalue weighted by Gasteiger charge is -2.39. The smallest absolute Gasteiger partial charge is 0.410 e. The van der Waals surface area contributed by atoms with Gasteiger partial charge in [0.2, 0.25) is 5.91 Å². The third kappa shape index (κ3) is 6.32. The number of allylic oxidation sites excluding steroid dienone is 1. The largest absolute Gasteiger partial charge is 0.444 e. The molecule has 0 bridgehead atoms. The molecule has 2 heterocycles. The predicted octanol–water partition coefficient (Wildman–Crippen LogP) is 4.89. The molecule has 3 rings (SSSR count). The molecular formula is C27H37N5O3. The number of nitrogens with zero attached hydrogens (tertiary/aromatic N) is 4. The molecule has 1 aliphatic rings. The van der Waals surface area contributed by atoms with Crippen LogP contribution in [0.3, 0.4) is 0 Å². The Morgan fingerprint density at radius 3 is 2.66 bits per heavy atom. The first-order valence-electron chi connectivity index (χ1n) is 11.9. The summed E-state index contributed by atoms with van der Waals surface area (Å²) < 4.78 is 7.22. The highest BCUT2D eigenvalue weighted by molar-refractivity contribution is 5.94. The Morgan fingerprint density at radius 1 is 1.31 bits per heavy atom. The van der Waals surface area contributed by atoms with Gasteiger partial charge in [0.05, 0.1) is 18.8 Å². The summed E-state index contributed by atoms with van der Waals surface area (Å²) in [4.78, 5) is 28.0. The minimum atomic E-state index is -0.531. The van der Waals surface area contributed by atoms with Crippen LogP contribution in [0.25, 0.3) is 11.1 Å². The van der Waals surface area contributed by atoms with E-state index in [1.807, 2.05) is 54.9 Å². The van der Waals surface area contributed by atoms with Crippen LogP contribution in [0, 0.1) is 0 Å². The van der Waals surface area contributed by atoms with Gasteiger partial charge < -0.3 is 19.9 Å². The van der Waals surface area contributed by atoms with Crippen LogP contribution in [0.5, 0.6) is 0 Å². The predicted molar refractivity (Wildman–Crippen MR) is 139 cm³/mol. The number of likely N-dealkylation sites (N-methyl/N-ethyl adjacent to an activating group) is 1. The van der Waals surface area contributed by atoms with E-state index in [0.717, 1.165) is 34.5 Å². The molecule has 2 aromatic rings. The van der Waals surface area contributed by atoms with E-state index in [9.17, 15) is 9.59 Å². The molecule has 0 radical (unpaired) electrons. The molecule has 0 saturated carbocycles. The van der Waals surface area contributed by atoms with Crippen molar-refractivity contribution in [3.05, 3.63) is 61.1 Å². The molecule has 8 heteroatoms. The van der Waals surface area contributed by atoms with E-state index in [1.165, 1.54) is 0 Å². The van der Waals surface area contributed by atoms with Gasteiger partial charge in [-0.3, -0.25) is 9.48 Å². The minimum absolute atomic E-state index is 0.0126. The normalized spacial score (nSPS) is 17.4. The van der Waals surface area contributed by atoms with Crippen molar-refractivity contribution in [2.45, 2.75) is 65.3 Å². The van der Waals surface area contributed by atoms with Crippen molar-refractivity contribution in [3.63, 3.8) is 0 Å². The number of anilines is 1. The van der Waals surface area contributed by atoms with E-state index in [2.05, 4.69) is 36.6 Å². The van der Waals surface area contributed by atoms with Gasteiger partial charge in [0.1, 0.15) is 5.60 Å². The highest BCUT2D eigenvalue weighted by atomic mass is 16.6. The van der Waals surface area contributed by atoms with Crippen LogP contribution in [-0.4, -0.2) is 51.9 Å². The number of carbonyl (C=O) groups is 2. The second-order valence-corrected chi connectivity index (χ2v) is 10.1. The molecule has 1 aromatic heterocycles. The summed E-state index contributed by atoms with van der Waals surface area (Å²) in [6.07, 6.45) is 5.88. The molecule has 0 fully saturated rings. The standard InChI is InChI=1S/C27H37N5O3/c1-9-18(2)29-24-14-19(3)32(20(4)33)25-11-10-21(15-23(24)25)22-16-28-31(17-22)13-12-30(8)26(34)35-27(5,6)7/h9-11,15-17,19,24,29H,1-2,12-14H2,3-8H3/t19-,24+/m0/s1. The Kier molecular flexibility index (Phi) is 7.73. The minimum Gasteiger partial charge on any atom is -0.444 e. The van der Waals surface area contributed by atoms with Crippen LogP contribution in [0.15, 0.2) is 55.5 Å². The number of nitrogens with one attached hydrogen (secondary N) is 1. The highest BCUT2D eigenvalue weighted by Gasteiger charge is 2.32. The SMILES string of the molecule is C=CC(=C)N[C@@H]1C[C@H](C)N(C(C)=O)c2ccc(-c3cnn(CCN(C)C(=O)OC(C)(C)C)c3)cc21. The van der Waals surface area contributed by atoms with Crippen LogP contribution in [0.1, 0.15) is 52.6 Å². The van der Waals surface area contributed by atoms with Crippen molar-refractivity contribution in [2.75, 3.05) is 18.5 Å². The van der Waals surface area contributed by atoms with Gasteiger partial charge in [0.25, 0.3) is 0 Å². The zero-order valence-electron chi connectivity index (χ0n) is 21.7. The van der Waals surface area contributed by atoms with Crippen molar-refractivity contribution in [1.82, 2.24) is 20.0 Å². The fraction of sp³-hybridized carbons (Fsp3) is 0.444. The van der Waals surface area contributed by atoms with Gasteiger partial charge in [-0.25, -0.2) is 4.79 Å². The molecule has 1 N–H and O–H groups in total. The van der Waals surface area contributed by atoms with E-state index >= 15 is 0 Å². The third-order valence-corrected chi connectivity index (χ3v) is 5.96. The monoisotopic (exact) mass is 479 g/mol. The summed E-state index contributed by atoms with van der Waals surface area (Å²) in [6.45, 7) is 18.0. The average Bonchev–Trinajstić information content (AvgIpc) is 3.24. The highest BCUT2D eigenvalue weighted by Crippen LogP contribution is 2.40. The molecule has 35 heavy (non-hydrogen) atoms. The van der Waals surface area contributed by atoms with Crippen LogP contribution in [0.2, 0.25) is 0 Å². The van der Waals surface area contributed by atoms with Crippen molar-refractivity contribution in [1.29, 1.82) is 0 Å². The number of hydrogen-bond acceptors (Lipinski definition) is 5. The van der Waals surface area contributed by atoms with E-state index in [1.54, 1.807) is 24.9 Å². The number of aromatic nitrogens is 2. The van der Waals surface area contributed by atoms with Crippen LogP contribution in [-0.2, 0) is 16.1 Å². The van der Waals surface area contributed by atoms with Gasteiger partial charge in [-0.05, 0) is 63.5 Å². The summed E-state index contributed by atoms with van der Waals surface area (Å²) in [5.41, 5.74) is 4.12. The maximum Gasteiger partial charge on any atom is 0.410 e. The van der Waals surface area contributed by atoms with Crippen molar-refractivity contribution < 1.29 is 14.3 Å². The number of hydrogen-bond donors (Lipinski definition) is 1. The molecule has 2 atom stereocenters. The maximum absolute atomic E-state index is 12.4. The average molecular weight is 480 g/mol. The Hall–Kier alpha value is -3.55. The summed E-state index contributed by atoms with van der Waals surface area (Å²) in [5.74, 6) is 0.0226.